The molecule has 5 nitrogen and oxygen atoms in total. The number of nitrogens with zero attached hydrogens (tertiary/aromatic N) is 2. The zero-order valence-electron chi connectivity index (χ0n) is 21.6. The van der Waals surface area contributed by atoms with E-state index < -0.39 is 17.7 Å². The number of amides is 1. The second kappa shape index (κ2) is 11.6. The van der Waals surface area contributed by atoms with E-state index in [2.05, 4.69) is 5.32 Å². The van der Waals surface area contributed by atoms with E-state index in [1.54, 1.807) is 7.11 Å². The van der Waals surface area contributed by atoms with Crippen molar-refractivity contribution >= 4 is 16.9 Å². The molecule has 5 rings (SSSR count). The van der Waals surface area contributed by atoms with Crippen LogP contribution in [-0.2, 0) is 9.53 Å². The summed E-state index contributed by atoms with van der Waals surface area (Å²) in [4.78, 5) is 18.9. The molecule has 36 heavy (non-hydrogen) atoms. The van der Waals surface area contributed by atoms with E-state index in [9.17, 15) is 13.6 Å². The van der Waals surface area contributed by atoms with Gasteiger partial charge in [0.25, 0.3) is 0 Å². The van der Waals surface area contributed by atoms with Crippen LogP contribution in [0.15, 0.2) is 12.1 Å². The van der Waals surface area contributed by atoms with Crippen molar-refractivity contribution in [3.63, 3.8) is 0 Å². The minimum absolute atomic E-state index is 0.00224. The number of fused-ring (bicyclic) bond motifs is 1. The molecule has 0 saturated heterocycles. The monoisotopic (exact) mass is 501 g/mol. The van der Waals surface area contributed by atoms with Gasteiger partial charge >= 0.3 is 0 Å². The number of rotatable bonds is 7. The van der Waals surface area contributed by atoms with Crippen molar-refractivity contribution in [3.05, 3.63) is 29.6 Å². The number of carbonyl (C=O) groups is 1. The van der Waals surface area contributed by atoms with Gasteiger partial charge in [0.2, 0.25) is 5.91 Å². The quantitative estimate of drug-likeness (QED) is 0.438. The van der Waals surface area contributed by atoms with E-state index >= 15 is 0 Å². The van der Waals surface area contributed by atoms with Gasteiger partial charge in [-0.2, -0.15) is 0 Å². The third-order valence-corrected chi connectivity index (χ3v) is 8.94. The Morgan fingerprint density at radius 2 is 1.44 bits per heavy atom. The number of hydrogen-bond donors (Lipinski definition) is 1. The molecule has 0 bridgehead atoms. The number of benzene rings is 1. The van der Waals surface area contributed by atoms with Crippen molar-refractivity contribution in [1.82, 2.24) is 14.9 Å². The highest BCUT2D eigenvalue weighted by Crippen LogP contribution is 2.42. The number of methoxy groups -OCH3 is 1. The largest absolute Gasteiger partial charge is 0.373 e. The molecule has 0 aliphatic heterocycles. The first-order valence-corrected chi connectivity index (χ1v) is 14.3. The highest BCUT2D eigenvalue weighted by Gasteiger charge is 2.38. The van der Waals surface area contributed by atoms with Crippen LogP contribution in [0.3, 0.4) is 0 Å². The first-order chi connectivity index (χ1) is 17.6. The smallest absolute Gasteiger partial charge is 0.243 e. The summed E-state index contributed by atoms with van der Waals surface area (Å²) in [5.74, 6) is -0.752. The molecule has 2 unspecified atom stereocenters. The van der Waals surface area contributed by atoms with Crippen molar-refractivity contribution in [2.24, 2.45) is 11.8 Å². The summed E-state index contributed by atoms with van der Waals surface area (Å²) in [5, 5.41) is 3.36. The Balaban J connectivity index is 1.62. The standard InChI is InChI=1S/C29H41F2N3O2/c1-36-27(20-13-7-3-8-14-20)28-33-24-17-22(30)23(31)18-25(24)34(28)26(19-11-5-2-6-12-19)29(35)32-21-15-9-4-10-16-21/h17-21,26-27H,2-16H2,1H3,(H,32,35). The Bertz CT molecular complexity index is 1040. The molecule has 0 radical (unpaired) electrons. The van der Waals surface area contributed by atoms with Gasteiger partial charge in [-0.1, -0.05) is 57.8 Å². The van der Waals surface area contributed by atoms with E-state index in [4.69, 9.17) is 9.72 Å². The fraction of sp³-hybridized carbons (Fsp3) is 0.724. The maximum absolute atomic E-state index is 14.6. The lowest BCUT2D eigenvalue weighted by Crippen LogP contribution is -2.44. The first-order valence-electron chi connectivity index (χ1n) is 14.3. The van der Waals surface area contributed by atoms with Crippen LogP contribution < -0.4 is 5.32 Å². The number of hydrogen-bond acceptors (Lipinski definition) is 3. The molecule has 1 N–H and O–H groups in total. The zero-order valence-corrected chi connectivity index (χ0v) is 21.6. The van der Waals surface area contributed by atoms with Gasteiger partial charge in [0.1, 0.15) is 18.0 Å². The second-order valence-corrected chi connectivity index (χ2v) is 11.3. The molecule has 1 heterocycles. The zero-order chi connectivity index (χ0) is 25.1. The van der Waals surface area contributed by atoms with Gasteiger partial charge in [0.05, 0.1) is 11.0 Å². The molecular formula is C29H41F2N3O2. The van der Waals surface area contributed by atoms with Gasteiger partial charge < -0.3 is 14.6 Å². The van der Waals surface area contributed by atoms with Crippen LogP contribution in [0.25, 0.3) is 11.0 Å². The molecule has 2 aromatic rings. The molecule has 2 atom stereocenters. The predicted molar refractivity (Wildman–Crippen MR) is 137 cm³/mol. The summed E-state index contributed by atoms with van der Waals surface area (Å²) in [6.45, 7) is 0. The Labute approximate surface area is 213 Å². The minimum atomic E-state index is -0.911. The van der Waals surface area contributed by atoms with Crippen LogP contribution in [0, 0.1) is 23.5 Å². The summed E-state index contributed by atoms with van der Waals surface area (Å²) in [6, 6.07) is 2.09. The molecule has 1 aromatic carbocycles. The SMILES string of the molecule is COC(c1nc2cc(F)c(F)cc2n1C(C(=O)NC1CCCCC1)C1CCCCC1)C1CCCCC1. The lowest BCUT2D eigenvalue weighted by Gasteiger charge is -2.36. The van der Waals surface area contributed by atoms with E-state index in [0.717, 1.165) is 77.0 Å². The summed E-state index contributed by atoms with van der Waals surface area (Å²) in [5.41, 5.74) is 0.893. The summed E-state index contributed by atoms with van der Waals surface area (Å²) < 4.78 is 36.9. The molecule has 3 aliphatic rings. The number of ether oxygens (including phenoxy) is 1. The second-order valence-electron chi connectivity index (χ2n) is 11.3. The number of nitrogens with one attached hydrogen (secondary N) is 1. The maximum atomic E-state index is 14.6. The summed E-state index contributed by atoms with van der Waals surface area (Å²) >= 11 is 0. The van der Waals surface area contributed by atoms with E-state index in [-0.39, 0.29) is 29.9 Å². The van der Waals surface area contributed by atoms with Crippen LogP contribution in [0.1, 0.15) is 114 Å². The maximum Gasteiger partial charge on any atom is 0.243 e. The van der Waals surface area contributed by atoms with Gasteiger partial charge in [-0.05, 0) is 50.4 Å². The van der Waals surface area contributed by atoms with Crippen LogP contribution in [0.2, 0.25) is 0 Å². The lowest BCUT2D eigenvalue weighted by atomic mass is 9.82. The average molecular weight is 502 g/mol. The predicted octanol–water partition coefficient (Wildman–Crippen LogP) is 7.15. The Morgan fingerprint density at radius 1 is 0.889 bits per heavy atom. The molecule has 3 saturated carbocycles. The summed E-state index contributed by atoms with van der Waals surface area (Å²) in [6.07, 6.45) is 16.0. The van der Waals surface area contributed by atoms with Gasteiger partial charge in [0, 0.05) is 25.3 Å². The van der Waals surface area contributed by atoms with Crippen molar-refractivity contribution in [1.29, 1.82) is 0 Å². The fourth-order valence-corrected chi connectivity index (χ4v) is 7.07. The van der Waals surface area contributed by atoms with Crippen LogP contribution in [-0.4, -0.2) is 28.6 Å². The molecule has 198 valence electrons. The number of imidazole rings is 1. The van der Waals surface area contributed by atoms with Crippen LogP contribution in [0.5, 0.6) is 0 Å². The third kappa shape index (κ3) is 5.32. The molecule has 1 amide bonds. The van der Waals surface area contributed by atoms with Crippen LogP contribution >= 0.6 is 0 Å². The number of aromatic nitrogens is 2. The molecule has 3 fully saturated rings. The highest BCUT2D eigenvalue weighted by atomic mass is 19.2. The van der Waals surface area contributed by atoms with E-state index in [1.807, 2.05) is 4.57 Å². The Kier molecular flexibility index (Phi) is 8.24. The van der Waals surface area contributed by atoms with Gasteiger partial charge in [-0.3, -0.25) is 4.79 Å². The van der Waals surface area contributed by atoms with E-state index in [1.165, 1.54) is 31.4 Å². The van der Waals surface area contributed by atoms with Crippen LogP contribution in [0.4, 0.5) is 8.78 Å². The molecule has 0 spiro atoms. The molecule has 1 aromatic heterocycles. The molecule has 7 heteroatoms. The third-order valence-electron chi connectivity index (χ3n) is 8.94. The highest BCUT2D eigenvalue weighted by molar-refractivity contribution is 5.85. The first kappa shape index (κ1) is 25.6. The Morgan fingerprint density at radius 3 is 2.06 bits per heavy atom. The normalized spacial score (nSPS) is 22.5. The van der Waals surface area contributed by atoms with Crippen molar-refractivity contribution in [2.75, 3.05) is 7.11 Å². The van der Waals surface area contributed by atoms with Crippen molar-refractivity contribution in [3.8, 4) is 0 Å². The van der Waals surface area contributed by atoms with Crippen molar-refractivity contribution < 1.29 is 18.3 Å². The summed E-state index contributed by atoms with van der Waals surface area (Å²) in [7, 11) is 1.70. The number of halogens is 2. The average Bonchev–Trinajstić information content (AvgIpc) is 3.24. The lowest BCUT2D eigenvalue weighted by molar-refractivity contribution is -0.127. The van der Waals surface area contributed by atoms with Gasteiger partial charge in [-0.25, -0.2) is 13.8 Å². The number of carbonyl (C=O) groups excluding carboxylic acids is 1. The minimum Gasteiger partial charge on any atom is -0.373 e. The van der Waals surface area contributed by atoms with E-state index in [0.29, 0.717) is 16.9 Å². The fourth-order valence-electron chi connectivity index (χ4n) is 7.07. The van der Waals surface area contributed by atoms with Gasteiger partial charge in [-0.15, -0.1) is 0 Å². The topological polar surface area (TPSA) is 56.2 Å². The molecule has 3 aliphatic carbocycles. The molecular weight excluding hydrogens is 460 g/mol. The van der Waals surface area contributed by atoms with Crippen molar-refractivity contribution in [2.45, 2.75) is 114 Å². The van der Waals surface area contributed by atoms with Gasteiger partial charge in [0.15, 0.2) is 11.6 Å². The Hall–Kier alpha value is -2.02.